The van der Waals surface area contributed by atoms with Crippen molar-refractivity contribution in [3.05, 3.63) is 34.6 Å². The van der Waals surface area contributed by atoms with E-state index >= 15 is 0 Å². The first-order valence-electron chi connectivity index (χ1n) is 5.98. The third-order valence-corrected chi connectivity index (χ3v) is 3.75. The molecule has 102 valence electrons. The molecule has 0 spiro atoms. The van der Waals surface area contributed by atoms with Crippen LogP contribution in [-0.4, -0.2) is 24.0 Å². The molecule has 2 atom stereocenters. The number of rotatable bonds is 3. The van der Waals surface area contributed by atoms with Crippen LogP contribution in [0, 0.1) is 11.7 Å². The van der Waals surface area contributed by atoms with Gasteiger partial charge in [0.25, 0.3) is 0 Å². The maximum absolute atomic E-state index is 13.3. The minimum absolute atomic E-state index is 0. The fourth-order valence-corrected chi connectivity index (χ4v) is 2.45. The summed E-state index contributed by atoms with van der Waals surface area (Å²) in [5.41, 5.74) is 6.86. The van der Waals surface area contributed by atoms with Crippen molar-refractivity contribution in [2.45, 2.75) is 25.9 Å². The third-order valence-electron chi connectivity index (χ3n) is 3.44. The molecule has 0 saturated carbocycles. The Balaban J connectivity index is 0.00000162. The van der Waals surface area contributed by atoms with Crippen molar-refractivity contribution in [3.8, 4) is 0 Å². The smallest absolute Gasteiger partial charge is 0.142 e. The molecule has 1 saturated heterocycles. The first-order valence-corrected chi connectivity index (χ1v) is 6.36. The van der Waals surface area contributed by atoms with E-state index in [0.717, 1.165) is 31.6 Å². The standard InChI is InChI=1S/C13H18ClFN2.ClH/c1-9(16)11-4-5-17(8-11)7-10-2-3-12(14)13(15)6-10;/h2-3,6,9,11H,4-5,7-8,16H2,1H3;1H. The summed E-state index contributed by atoms with van der Waals surface area (Å²) >= 11 is 5.66. The first kappa shape index (κ1) is 15.7. The van der Waals surface area contributed by atoms with Gasteiger partial charge in [0, 0.05) is 19.1 Å². The Bertz CT molecular complexity index is 399. The quantitative estimate of drug-likeness (QED) is 0.928. The molecule has 0 amide bonds. The fourth-order valence-electron chi connectivity index (χ4n) is 2.33. The normalized spacial score (nSPS) is 21.7. The SMILES string of the molecule is CC(N)C1CCN(Cc2ccc(Cl)c(F)c2)C1.Cl. The van der Waals surface area contributed by atoms with Crippen LogP contribution in [-0.2, 0) is 6.54 Å². The van der Waals surface area contributed by atoms with Crippen molar-refractivity contribution in [2.75, 3.05) is 13.1 Å². The van der Waals surface area contributed by atoms with Gasteiger partial charge in [-0.2, -0.15) is 0 Å². The summed E-state index contributed by atoms with van der Waals surface area (Å²) in [6.45, 7) is 4.87. The van der Waals surface area contributed by atoms with Crippen LogP contribution >= 0.6 is 24.0 Å². The monoisotopic (exact) mass is 292 g/mol. The predicted molar refractivity (Wildman–Crippen MR) is 75.7 cm³/mol. The molecule has 1 aromatic carbocycles. The maximum Gasteiger partial charge on any atom is 0.142 e. The summed E-state index contributed by atoms with van der Waals surface area (Å²) in [5, 5.41) is 0.184. The molecule has 2 unspecified atom stereocenters. The molecule has 2 nitrogen and oxygen atoms in total. The van der Waals surface area contributed by atoms with E-state index in [1.54, 1.807) is 6.07 Å². The number of hydrogen-bond acceptors (Lipinski definition) is 2. The van der Waals surface area contributed by atoms with Gasteiger partial charge in [0.05, 0.1) is 5.02 Å². The Kier molecular flexibility index (Phi) is 5.86. The van der Waals surface area contributed by atoms with Gasteiger partial charge in [-0.1, -0.05) is 17.7 Å². The Labute approximate surface area is 119 Å². The summed E-state index contributed by atoms with van der Waals surface area (Å²) in [6.07, 6.45) is 1.13. The number of nitrogens with two attached hydrogens (primary N) is 1. The van der Waals surface area contributed by atoms with E-state index in [1.165, 1.54) is 6.07 Å². The maximum atomic E-state index is 13.3. The van der Waals surface area contributed by atoms with Crippen LogP contribution in [0.2, 0.25) is 5.02 Å². The molecule has 2 rings (SSSR count). The number of likely N-dealkylation sites (tertiary alicyclic amines) is 1. The van der Waals surface area contributed by atoms with Crippen LogP contribution in [0.25, 0.3) is 0 Å². The van der Waals surface area contributed by atoms with Crippen LogP contribution in [0.15, 0.2) is 18.2 Å². The highest BCUT2D eigenvalue weighted by Gasteiger charge is 2.25. The molecule has 0 aliphatic carbocycles. The van der Waals surface area contributed by atoms with E-state index in [-0.39, 0.29) is 29.3 Å². The Morgan fingerprint density at radius 3 is 2.83 bits per heavy atom. The van der Waals surface area contributed by atoms with Crippen molar-refractivity contribution in [3.63, 3.8) is 0 Å². The fraction of sp³-hybridized carbons (Fsp3) is 0.538. The first-order chi connectivity index (χ1) is 8.06. The van der Waals surface area contributed by atoms with Gasteiger partial charge in [-0.3, -0.25) is 4.90 Å². The zero-order valence-corrected chi connectivity index (χ0v) is 12.0. The van der Waals surface area contributed by atoms with Gasteiger partial charge < -0.3 is 5.73 Å². The topological polar surface area (TPSA) is 29.3 Å². The molecular weight excluding hydrogens is 274 g/mol. The lowest BCUT2D eigenvalue weighted by atomic mass is 10.0. The Morgan fingerprint density at radius 2 is 2.28 bits per heavy atom. The van der Waals surface area contributed by atoms with E-state index < -0.39 is 0 Å². The van der Waals surface area contributed by atoms with Crippen LogP contribution < -0.4 is 5.73 Å². The Morgan fingerprint density at radius 1 is 1.56 bits per heavy atom. The number of benzene rings is 1. The van der Waals surface area contributed by atoms with Gasteiger partial charge in [0.15, 0.2) is 0 Å². The summed E-state index contributed by atoms with van der Waals surface area (Å²) in [6, 6.07) is 5.25. The summed E-state index contributed by atoms with van der Waals surface area (Å²) in [5.74, 6) is 0.222. The highest BCUT2D eigenvalue weighted by atomic mass is 35.5. The average molecular weight is 293 g/mol. The third kappa shape index (κ3) is 3.82. The molecule has 0 bridgehead atoms. The van der Waals surface area contributed by atoms with Gasteiger partial charge in [-0.25, -0.2) is 4.39 Å². The zero-order chi connectivity index (χ0) is 12.4. The van der Waals surface area contributed by atoms with Gasteiger partial charge in [0.2, 0.25) is 0 Å². The number of nitrogens with zero attached hydrogens (tertiary/aromatic N) is 1. The molecule has 0 radical (unpaired) electrons. The minimum atomic E-state index is -0.341. The van der Waals surface area contributed by atoms with E-state index in [0.29, 0.717) is 5.92 Å². The highest BCUT2D eigenvalue weighted by Crippen LogP contribution is 2.22. The summed E-state index contributed by atoms with van der Waals surface area (Å²) < 4.78 is 13.3. The van der Waals surface area contributed by atoms with E-state index in [4.69, 9.17) is 17.3 Å². The number of halogens is 3. The second-order valence-electron chi connectivity index (χ2n) is 4.89. The van der Waals surface area contributed by atoms with Crippen molar-refractivity contribution in [1.82, 2.24) is 4.90 Å². The molecule has 5 heteroatoms. The largest absolute Gasteiger partial charge is 0.328 e. The molecule has 1 aliphatic heterocycles. The van der Waals surface area contributed by atoms with Crippen LogP contribution in [0.1, 0.15) is 18.9 Å². The van der Waals surface area contributed by atoms with Gasteiger partial charge in [-0.05, 0) is 43.5 Å². The number of hydrogen-bond donors (Lipinski definition) is 1. The molecular formula is C13H19Cl2FN2. The molecule has 2 N–H and O–H groups in total. The molecule has 1 aromatic rings. The van der Waals surface area contributed by atoms with Crippen LogP contribution in [0.3, 0.4) is 0 Å². The van der Waals surface area contributed by atoms with Gasteiger partial charge in [0.1, 0.15) is 5.82 Å². The van der Waals surface area contributed by atoms with Crippen molar-refractivity contribution in [2.24, 2.45) is 11.7 Å². The molecule has 1 aliphatic rings. The van der Waals surface area contributed by atoms with Crippen molar-refractivity contribution < 1.29 is 4.39 Å². The summed E-state index contributed by atoms with van der Waals surface area (Å²) in [4.78, 5) is 2.32. The summed E-state index contributed by atoms with van der Waals surface area (Å²) in [7, 11) is 0. The molecule has 1 heterocycles. The van der Waals surface area contributed by atoms with Crippen LogP contribution in [0.4, 0.5) is 4.39 Å². The second kappa shape index (κ2) is 6.71. The molecule has 1 fully saturated rings. The van der Waals surface area contributed by atoms with E-state index in [2.05, 4.69) is 11.8 Å². The molecule has 0 aromatic heterocycles. The molecule has 18 heavy (non-hydrogen) atoms. The highest BCUT2D eigenvalue weighted by molar-refractivity contribution is 6.30. The Hall–Kier alpha value is -0.350. The van der Waals surface area contributed by atoms with Crippen molar-refractivity contribution in [1.29, 1.82) is 0 Å². The lowest BCUT2D eigenvalue weighted by molar-refractivity contribution is 0.308. The second-order valence-corrected chi connectivity index (χ2v) is 5.30. The average Bonchev–Trinajstić information content (AvgIpc) is 2.72. The zero-order valence-electron chi connectivity index (χ0n) is 10.4. The minimum Gasteiger partial charge on any atom is -0.328 e. The van der Waals surface area contributed by atoms with E-state index in [1.807, 2.05) is 6.07 Å². The van der Waals surface area contributed by atoms with Crippen molar-refractivity contribution >= 4 is 24.0 Å². The van der Waals surface area contributed by atoms with E-state index in [9.17, 15) is 4.39 Å². The van der Waals surface area contributed by atoms with Gasteiger partial charge >= 0.3 is 0 Å². The van der Waals surface area contributed by atoms with Crippen LogP contribution in [0.5, 0.6) is 0 Å². The lowest BCUT2D eigenvalue weighted by Gasteiger charge is -2.17. The van der Waals surface area contributed by atoms with Gasteiger partial charge in [-0.15, -0.1) is 12.4 Å². The lowest BCUT2D eigenvalue weighted by Crippen LogP contribution is -2.29. The predicted octanol–water partition coefficient (Wildman–Crippen LogP) is 3.07.